The van der Waals surface area contributed by atoms with E-state index in [1.165, 1.54) is 11.8 Å². The summed E-state index contributed by atoms with van der Waals surface area (Å²) < 4.78 is 5.43. The predicted octanol–water partition coefficient (Wildman–Crippen LogP) is 4.09. The first-order valence-electron chi connectivity index (χ1n) is 8.88. The Morgan fingerprint density at radius 3 is 2.59 bits per heavy atom. The fourth-order valence-corrected chi connectivity index (χ4v) is 3.56. The summed E-state index contributed by atoms with van der Waals surface area (Å²) in [5.74, 6) is 1.92. The molecular formula is C21H23N3O2S. The fraction of sp³-hybridized carbons (Fsp3) is 0.286. The molecule has 3 rings (SSSR count). The van der Waals surface area contributed by atoms with Crippen molar-refractivity contribution in [2.45, 2.75) is 25.3 Å². The first-order valence-corrected chi connectivity index (χ1v) is 9.87. The van der Waals surface area contributed by atoms with Crippen LogP contribution in [0.1, 0.15) is 18.4 Å². The van der Waals surface area contributed by atoms with Gasteiger partial charge in [0.2, 0.25) is 5.91 Å². The number of thioether (sulfide) groups is 1. The van der Waals surface area contributed by atoms with Crippen LogP contribution in [0.5, 0.6) is 5.75 Å². The van der Waals surface area contributed by atoms with Crippen LogP contribution in [0.3, 0.4) is 0 Å². The van der Waals surface area contributed by atoms with Crippen molar-refractivity contribution < 1.29 is 9.53 Å². The van der Waals surface area contributed by atoms with Crippen molar-refractivity contribution in [2.24, 2.45) is 0 Å². The van der Waals surface area contributed by atoms with Crippen molar-refractivity contribution in [3.05, 3.63) is 60.0 Å². The van der Waals surface area contributed by atoms with E-state index >= 15 is 0 Å². The third-order valence-electron chi connectivity index (χ3n) is 4.14. The Hall–Kier alpha value is -2.60. The number of carbonyl (C=O) groups is 1. The van der Waals surface area contributed by atoms with Crippen molar-refractivity contribution in [1.82, 2.24) is 14.9 Å². The van der Waals surface area contributed by atoms with Crippen molar-refractivity contribution in [1.29, 1.82) is 0 Å². The van der Waals surface area contributed by atoms with E-state index in [1.54, 1.807) is 11.9 Å². The van der Waals surface area contributed by atoms with Crippen molar-refractivity contribution in [3.8, 4) is 5.75 Å². The van der Waals surface area contributed by atoms with Gasteiger partial charge in [0.15, 0.2) is 0 Å². The van der Waals surface area contributed by atoms with Gasteiger partial charge in [0.05, 0.1) is 24.4 Å². The summed E-state index contributed by atoms with van der Waals surface area (Å²) in [6, 6.07) is 15.7. The van der Waals surface area contributed by atoms with E-state index in [0.717, 1.165) is 27.2 Å². The molecule has 27 heavy (non-hydrogen) atoms. The predicted molar refractivity (Wildman–Crippen MR) is 109 cm³/mol. The lowest BCUT2D eigenvalue weighted by atomic mass is 10.2. The molecule has 0 spiro atoms. The molecule has 0 N–H and O–H groups in total. The molecule has 1 aromatic heterocycles. The molecule has 1 amide bonds. The van der Waals surface area contributed by atoms with E-state index in [1.807, 2.05) is 62.4 Å². The first-order chi connectivity index (χ1) is 13.1. The second-order valence-corrected chi connectivity index (χ2v) is 7.23. The van der Waals surface area contributed by atoms with Crippen LogP contribution in [0.4, 0.5) is 0 Å². The Morgan fingerprint density at radius 2 is 1.85 bits per heavy atom. The molecule has 0 aliphatic rings. The Morgan fingerprint density at radius 1 is 1.11 bits per heavy atom. The molecule has 0 saturated carbocycles. The number of hydrogen-bond acceptors (Lipinski definition) is 5. The summed E-state index contributed by atoms with van der Waals surface area (Å²) in [6.07, 6.45) is 0. The smallest absolute Gasteiger partial charge is 0.233 e. The number of rotatable bonds is 7. The van der Waals surface area contributed by atoms with E-state index < -0.39 is 0 Å². The zero-order valence-corrected chi connectivity index (χ0v) is 16.6. The summed E-state index contributed by atoms with van der Waals surface area (Å²) >= 11 is 1.51. The molecule has 0 radical (unpaired) electrons. The Labute approximate surface area is 163 Å². The minimum Gasteiger partial charge on any atom is -0.494 e. The highest BCUT2D eigenvalue weighted by atomic mass is 32.2. The van der Waals surface area contributed by atoms with Gasteiger partial charge in [0, 0.05) is 23.0 Å². The lowest BCUT2D eigenvalue weighted by Crippen LogP contribution is -2.28. The van der Waals surface area contributed by atoms with Gasteiger partial charge in [0.25, 0.3) is 0 Å². The van der Waals surface area contributed by atoms with Gasteiger partial charge in [-0.15, -0.1) is 11.8 Å². The topological polar surface area (TPSA) is 55.3 Å². The van der Waals surface area contributed by atoms with Gasteiger partial charge >= 0.3 is 0 Å². The van der Waals surface area contributed by atoms with Gasteiger partial charge in [-0.05, 0) is 44.2 Å². The maximum absolute atomic E-state index is 12.5. The third kappa shape index (κ3) is 4.98. The van der Waals surface area contributed by atoms with E-state index in [-0.39, 0.29) is 5.91 Å². The number of ether oxygens (including phenoxy) is 1. The molecule has 1 heterocycles. The molecule has 6 heteroatoms. The molecule has 140 valence electrons. The molecule has 0 bridgehead atoms. The minimum atomic E-state index is 0.0447. The Bertz CT molecular complexity index is 928. The highest BCUT2D eigenvalue weighted by molar-refractivity contribution is 8.00. The number of carbonyl (C=O) groups excluding carboxylic acids is 1. The summed E-state index contributed by atoms with van der Waals surface area (Å²) in [7, 11) is 1.79. The SMILES string of the molecule is CCOc1ccc(SCC(=O)N(C)Cc2nc(C)c3ccccc3n2)cc1. The minimum absolute atomic E-state index is 0.0447. The van der Waals surface area contributed by atoms with E-state index in [9.17, 15) is 4.79 Å². The second-order valence-electron chi connectivity index (χ2n) is 6.19. The molecule has 0 aliphatic heterocycles. The maximum atomic E-state index is 12.5. The van der Waals surface area contributed by atoms with Crippen LogP contribution in [0.25, 0.3) is 10.9 Å². The van der Waals surface area contributed by atoms with Gasteiger partial charge in [0.1, 0.15) is 11.6 Å². The van der Waals surface area contributed by atoms with Gasteiger partial charge in [-0.3, -0.25) is 4.79 Å². The van der Waals surface area contributed by atoms with Crippen LogP contribution in [-0.4, -0.2) is 40.2 Å². The van der Waals surface area contributed by atoms with Crippen LogP contribution in [0.2, 0.25) is 0 Å². The maximum Gasteiger partial charge on any atom is 0.233 e. The molecule has 2 aromatic carbocycles. The zero-order valence-electron chi connectivity index (χ0n) is 15.8. The molecule has 5 nitrogen and oxygen atoms in total. The summed E-state index contributed by atoms with van der Waals surface area (Å²) in [6.45, 7) is 4.97. The van der Waals surface area contributed by atoms with Gasteiger partial charge in [-0.2, -0.15) is 0 Å². The van der Waals surface area contributed by atoms with Crippen LogP contribution in [0, 0.1) is 6.92 Å². The fourth-order valence-electron chi connectivity index (χ4n) is 2.72. The Kier molecular flexibility index (Phi) is 6.29. The number of aryl methyl sites for hydroxylation is 1. The second kappa shape index (κ2) is 8.86. The Balaban J connectivity index is 1.59. The van der Waals surface area contributed by atoms with Crippen molar-refractivity contribution >= 4 is 28.6 Å². The number of nitrogens with zero attached hydrogens (tertiary/aromatic N) is 3. The van der Waals surface area contributed by atoms with Crippen LogP contribution in [-0.2, 0) is 11.3 Å². The standard InChI is InChI=1S/C21H23N3O2S/c1-4-26-16-9-11-17(12-10-16)27-14-21(25)24(3)13-20-22-15(2)18-7-5-6-8-19(18)23-20/h5-12H,4,13-14H2,1-3H3. The van der Waals surface area contributed by atoms with Gasteiger partial charge in [-0.1, -0.05) is 18.2 Å². The van der Waals surface area contributed by atoms with Crippen LogP contribution < -0.4 is 4.74 Å². The van der Waals surface area contributed by atoms with E-state index in [2.05, 4.69) is 9.97 Å². The first kappa shape index (κ1) is 19.2. The molecular weight excluding hydrogens is 358 g/mol. The monoisotopic (exact) mass is 381 g/mol. The highest BCUT2D eigenvalue weighted by Crippen LogP contribution is 2.22. The normalized spacial score (nSPS) is 10.8. The highest BCUT2D eigenvalue weighted by Gasteiger charge is 2.13. The largest absolute Gasteiger partial charge is 0.494 e. The molecule has 0 unspecified atom stereocenters. The van der Waals surface area contributed by atoms with Gasteiger partial charge in [-0.25, -0.2) is 9.97 Å². The zero-order chi connectivity index (χ0) is 19.2. The third-order valence-corrected chi connectivity index (χ3v) is 5.14. The number of benzene rings is 2. The van der Waals surface area contributed by atoms with Crippen LogP contribution >= 0.6 is 11.8 Å². The number of para-hydroxylation sites is 1. The van der Waals surface area contributed by atoms with E-state index in [0.29, 0.717) is 24.7 Å². The average Bonchev–Trinajstić information content (AvgIpc) is 2.67. The van der Waals surface area contributed by atoms with Crippen molar-refractivity contribution in [2.75, 3.05) is 19.4 Å². The molecule has 0 saturated heterocycles. The molecule has 3 aromatic rings. The van der Waals surface area contributed by atoms with Crippen LogP contribution in [0.15, 0.2) is 53.4 Å². The quantitative estimate of drug-likeness (QED) is 0.577. The summed E-state index contributed by atoms with van der Waals surface area (Å²) in [5, 5.41) is 1.04. The molecule has 0 atom stereocenters. The number of fused-ring (bicyclic) bond motifs is 1. The molecule has 0 fully saturated rings. The number of hydrogen-bond donors (Lipinski definition) is 0. The summed E-state index contributed by atoms with van der Waals surface area (Å²) in [5.41, 5.74) is 1.84. The van der Waals surface area contributed by atoms with E-state index in [4.69, 9.17) is 4.74 Å². The average molecular weight is 382 g/mol. The lowest BCUT2D eigenvalue weighted by molar-refractivity contribution is -0.127. The number of amides is 1. The van der Waals surface area contributed by atoms with Gasteiger partial charge < -0.3 is 9.64 Å². The molecule has 0 aliphatic carbocycles. The van der Waals surface area contributed by atoms with Crippen molar-refractivity contribution in [3.63, 3.8) is 0 Å². The number of aromatic nitrogens is 2. The lowest BCUT2D eigenvalue weighted by Gasteiger charge is -2.17. The summed E-state index contributed by atoms with van der Waals surface area (Å²) in [4.78, 5) is 24.3.